The maximum Gasteiger partial charge on any atom is 0.310 e. The number of carbonyl (C=O) groups is 2. The fourth-order valence-electron chi connectivity index (χ4n) is 0.989. The Morgan fingerprint density at radius 1 is 1.56 bits per heavy atom. The fourth-order valence-corrected chi connectivity index (χ4v) is 0.989. The number of carboxylic acid groups (broad SMARTS) is 1. The topological polar surface area (TPSA) is 92.4 Å². The number of hydrogen-bond acceptors (Lipinski definition) is 4. The van der Waals surface area contributed by atoms with E-state index in [4.69, 9.17) is 9.63 Å². The quantitative estimate of drug-likeness (QED) is 0.793. The molecule has 0 spiro atoms. The van der Waals surface area contributed by atoms with E-state index in [1.807, 2.05) is 0 Å². The van der Waals surface area contributed by atoms with Crippen LogP contribution in [0.2, 0.25) is 0 Å². The van der Waals surface area contributed by atoms with Crippen LogP contribution in [0.25, 0.3) is 0 Å². The summed E-state index contributed by atoms with van der Waals surface area (Å²) in [6.45, 7) is 4.74. The standard InChI is InChI=1S/C10H14N2O4/c1-6-7(4-12-16-6)8(13)11-5-10(2,3)9(14)15/h4H,5H2,1-3H3,(H,11,13)(H,14,15). The first kappa shape index (κ1) is 12.2. The summed E-state index contributed by atoms with van der Waals surface area (Å²) in [7, 11) is 0. The first-order valence-corrected chi connectivity index (χ1v) is 4.77. The van der Waals surface area contributed by atoms with E-state index < -0.39 is 11.4 Å². The lowest BCUT2D eigenvalue weighted by Crippen LogP contribution is -2.38. The molecule has 88 valence electrons. The zero-order valence-corrected chi connectivity index (χ0v) is 9.40. The van der Waals surface area contributed by atoms with E-state index in [1.165, 1.54) is 20.0 Å². The van der Waals surface area contributed by atoms with Crippen molar-refractivity contribution in [3.63, 3.8) is 0 Å². The molecule has 0 unspecified atom stereocenters. The number of aryl methyl sites for hydroxylation is 1. The summed E-state index contributed by atoms with van der Waals surface area (Å²) >= 11 is 0. The lowest BCUT2D eigenvalue weighted by molar-refractivity contribution is -0.146. The predicted octanol–water partition coefficient (Wildman–Crippen LogP) is 0.824. The monoisotopic (exact) mass is 226 g/mol. The number of hydrogen-bond donors (Lipinski definition) is 2. The van der Waals surface area contributed by atoms with E-state index in [1.54, 1.807) is 6.92 Å². The molecule has 1 aromatic rings. The summed E-state index contributed by atoms with van der Waals surface area (Å²) in [5.41, 5.74) is -0.679. The molecule has 0 saturated heterocycles. The fraction of sp³-hybridized carbons (Fsp3) is 0.500. The van der Waals surface area contributed by atoms with Crippen molar-refractivity contribution in [3.8, 4) is 0 Å². The zero-order valence-electron chi connectivity index (χ0n) is 9.40. The van der Waals surface area contributed by atoms with Gasteiger partial charge in [0.2, 0.25) is 0 Å². The first-order valence-electron chi connectivity index (χ1n) is 4.77. The van der Waals surface area contributed by atoms with E-state index in [2.05, 4.69) is 10.5 Å². The van der Waals surface area contributed by atoms with Gasteiger partial charge in [-0.25, -0.2) is 0 Å². The molecule has 0 bridgehead atoms. The van der Waals surface area contributed by atoms with Gasteiger partial charge in [-0.05, 0) is 20.8 Å². The molecule has 1 amide bonds. The Kier molecular flexibility index (Phi) is 3.31. The van der Waals surface area contributed by atoms with Gasteiger partial charge in [-0.15, -0.1) is 0 Å². The summed E-state index contributed by atoms with van der Waals surface area (Å²) in [6.07, 6.45) is 1.30. The van der Waals surface area contributed by atoms with Crippen molar-refractivity contribution in [2.45, 2.75) is 20.8 Å². The van der Waals surface area contributed by atoms with Crippen LogP contribution in [0, 0.1) is 12.3 Å². The Balaban J connectivity index is 2.61. The molecule has 0 fully saturated rings. The number of carboxylic acids is 1. The molecule has 0 radical (unpaired) electrons. The number of amides is 1. The average Bonchev–Trinajstić information content (AvgIpc) is 2.61. The van der Waals surface area contributed by atoms with Crippen molar-refractivity contribution < 1.29 is 19.2 Å². The van der Waals surface area contributed by atoms with Crippen molar-refractivity contribution in [2.24, 2.45) is 5.41 Å². The van der Waals surface area contributed by atoms with Gasteiger partial charge in [0, 0.05) is 6.54 Å². The Hall–Kier alpha value is -1.85. The summed E-state index contributed by atoms with van der Waals surface area (Å²) in [5, 5.41) is 14.9. The summed E-state index contributed by atoms with van der Waals surface area (Å²) < 4.78 is 4.74. The normalized spacial score (nSPS) is 11.2. The van der Waals surface area contributed by atoms with Crippen molar-refractivity contribution in [2.75, 3.05) is 6.54 Å². The Morgan fingerprint density at radius 3 is 2.62 bits per heavy atom. The van der Waals surface area contributed by atoms with Crippen LogP contribution in [0.1, 0.15) is 30.0 Å². The minimum atomic E-state index is -0.999. The largest absolute Gasteiger partial charge is 0.481 e. The lowest BCUT2D eigenvalue weighted by atomic mass is 9.94. The van der Waals surface area contributed by atoms with Crippen LogP contribution in [0.5, 0.6) is 0 Å². The van der Waals surface area contributed by atoms with E-state index in [0.717, 1.165) is 0 Å². The maximum absolute atomic E-state index is 11.6. The molecule has 0 aliphatic carbocycles. The minimum absolute atomic E-state index is 0.0474. The second kappa shape index (κ2) is 4.34. The number of aliphatic carboxylic acids is 1. The molecular formula is C10H14N2O4. The van der Waals surface area contributed by atoms with Crippen LogP contribution >= 0.6 is 0 Å². The zero-order chi connectivity index (χ0) is 12.3. The Labute approximate surface area is 92.6 Å². The van der Waals surface area contributed by atoms with Gasteiger partial charge in [-0.1, -0.05) is 5.16 Å². The highest BCUT2D eigenvalue weighted by atomic mass is 16.5. The maximum atomic E-state index is 11.6. The van der Waals surface area contributed by atoms with Gasteiger partial charge in [0.1, 0.15) is 11.3 Å². The second-order valence-corrected chi connectivity index (χ2v) is 4.17. The van der Waals surface area contributed by atoms with E-state index >= 15 is 0 Å². The van der Waals surface area contributed by atoms with Gasteiger partial charge in [-0.2, -0.15) is 0 Å². The predicted molar refractivity (Wildman–Crippen MR) is 55.0 cm³/mol. The highest BCUT2D eigenvalue weighted by Gasteiger charge is 2.28. The van der Waals surface area contributed by atoms with Crippen molar-refractivity contribution in [3.05, 3.63) is 17.5 Å². The number of nitrogens with zero attached hydrogens (tertiary/aromatic N) is 1. The molecule has 0 aromatic carbocycles. The van der Waals surface area contributed by atoms with Gasteiger partial charge in [0.25, 0.3) is 5.91 Å². The smallest absolute Gasteiger partial charge is 0.310 e. The van der Waals surface area contributed by atoms with Crippen LogP contribution in [0.3, 0.4) is 0 Å². The minimum Gasteiger partial charge on any atom is -0.481 e. The number of nitrogens with one attached hydrogen (secondary N) is 1. The molecule has 0 saturated carbocycles. The molecule has 0 atom stereocenters. The van der Waals surface area contributed by atoms with E-state index in [-0.39, 0.29) is 12.5 Å². The van der Waals surface area contributed by atoms with E-state index in [9.17, 15) is 9.59 Å². The summed E-state index contributed by atoms with van der Waals surface area (Å²) in [5.74, 6) is -0.937. The molecular weight excluding hydrogens is 212 g/mol. The number of aromatic nitrogens is 1. The first-order chi connectivity index (χ1) is 7.34. The average molecular weight is 226 g/mol. The third kappa shape index (κ3) is 2.59. The van der Waals surface area contributed by atoms with Gasteiger partial charge < -0.3 is 14.9 Å². The highest BCUT2D eigenvalue weighted by molar-refractivity contribution is 5.95. The molecule has 0 aliphatic rings. The van der Waals surface area contributed by atoms with Crippen LogP contribution in [-0.4, -0.2) is 28.7 Å². The third-order valence-electron chi connectivity index (χ3n) is 2.27. The van der Waals surface area contributed by atoms with Crippen molar-refractivity contribution in [1.29, 1.82) is 0 Å². The SMILES string of the molecule is Cc1oncc1C(=O)NCC(C)(C)C(=O)O. The Bertz CT molecular complexity index is 409. The molecule has 1 heterocycles. The third-order valence-corrected chi connectivity index (χ3v) is 2.27. The van der Waals surface area contributed by atoms with Gasteiger partial charge >= 0.3 is 5.97 Å². The van der Waals surface area contributed by atoms with Gasteiger partial charge in [0.15, 0.2) is 0 Å². The molecule has 16 heavy (non-hydrogen) atoms. The number of rotatable bonds is 4. The molecule has 0 aliphatic heterocycles. The van der Waals surface area contributed by atoms with E-state index in [0.29, 0.717) is 11.3 Å². The molecule has 6 heteroatoms. The molecule has 1 rings (SSSR count). The second-order valence-electron chi connectivity index (χ2n) is 4.17. The summed E-state index contributed by atoms with van der Waals surface area (Å²) in [6, 6.07) is 0. The molecule has 2 N–H and O–H groups in total. The number of carbonyl (C=O) groups excluding carboxylic acids is 1. The molecule has 1 aromatic heterocycles. The van der Waals surface area contributed by atoms with Crippen LogP contribution < -0.4 is 5.32 Å². The van der Waals surface area contributed by atoms with Crippen LogP contribution in [-0.2, 0) is 4.79 Å². The molecule has 6 nitrogen and oxygen atoms in total. The summed E-state index contributed by atoms with van der Waals surface area (Å²) in [4.78, 5) is 22.4. The van der Waals surface area contributed by atoms with Gasteiger partial charge in [-0.3, -0.25) is 9.59 Å². The van der Waals surface area contributed by atoms with Crippen LogP contribution in [0.15, 0.2) is 10.7 Å². The van der Waals surface area contributed by atoms with Gasteiger partial charge in [0.05, 0.1) is 11.6 Å². The highest BCUT2D eigenvalue weighted by Crippen LogP contribution is 2.14. The van der Waals surface area contributed by atoms with Crippen molar-refractivity contribution >= 4 is 11.9 Å². The lowest BCUT2D eigenvalue weighted by Gasteiger charge is -2.19. The van der Waals surface area contributed by atoms with Crippen molar-refractivity contribution in [1.82, 2.24) is 10.5 Å². The van der Waals surface area contributed by atoms with Crippen LogP contribution in [0.4, 0.5) is 0 Å². The Morgan fingerprint density at radius 2 is 2.19 bits per heavy atom.